The van der Waals surface area contributed by atoms with Crippen LogP contribution in [0.2, 0.25) is 0 Å². The van der Waals surface area contributed by atoms with Gasteiger partial charge in [-0.2, -0.15) is 0 Å². The van der Waals surface area contributed by atoms with E-state index in [1.165, 1.54) is 11.1 Å². The Morgan fingerprint density at radius 1 is 0.633 bits per heavy atom. The summed E-state index contributed by atoms with van der Waals surface area (Å²) in [4.78, 5) is 22.0. The maximum Gasteiger partial charge on any atom is 0.337 e. The summed E-state index contributed by atoms with van der Waals surface area (Å²) in [6.07, 6.45) is 0. The molecule has 0 radical (unpaired) electrons. The first-order valence-electron chi connectivity index (χ1n) is 8.59. The fourth-order valence-corrected chi connectivity index (χ4v) is 5.17. The van der Waals surface area contributed by atoms with Crippen molar-refractivity contribution in [3.8, 4) is 0 Å². The van der Waals surface area contributed by atoms with Crippen LogP contribution in [0.3, 0.4) is 0 Å². The maximum atomic E-state index is 11.0. The van der Waals surface area contributed by atoms with Crippen LogP contribution in [-0.4, -0.2) is 22.2 Å². The van der Waals surface area contributed by atoms with Gasteiger partial charge in [0.15, 0.2) is 0 Å². The third kappa shape index (κ3) is 5.81. The van der Waals surface area contributed by atoms with E-state index in [0.717, 1.165) is 0 Å². The summed E-state index contributed by atoms with van der Waals surface area (Å²) >= 11 is 12.4. The Bertz CT molecular complexity index is 969. The van der Waals surface area contributed by atoms with Gasteiger partial charge >= 0.3 is 11.9 Å². The van der Waals surface area contributed by atoms with Gasteiger partial charge in [0, 0.05) is 23.8 Å². The minimum absolute atomic E-state index is 0.174. The molecule has 0 unspecified atom stereocenters. The zero-order valence-electron chi connectivity index (χ0n) is 15.6. The molecule has 3 rings (SSSR count). The fourth-order valence-electron chi connectivity index (χ4n) is 2.71. The van der Waals surface area contributed by atoms with Crippen molar-refractivity contribution in [1.82, 2.24) is 0 Å². The number of rotatable bonds is 4. The van der Waals surface area contributed by atoms with Crippen molar-refractivity contribution < 1.29 is 19.8 Å². The molecule has 0 aliphatic rings. The topological polar surface area (TPSA) is 74.6 Å². The molecule has 3 aromatic rings. The monoisotopic (exact) mass is 660 g/mol. The van der Waals surface area contributed by atoms with Crippen LogP contribution in [0.5, 0.6) is 0 Å². The van der Waals surface area contributed by atoms with Crippen molar-refractivity contribution >= 4 is 75.7 Å². The Morgan fingerprint density at radius 3 is 1.20 bits per heavy atom. The predicted molar refractivity (Wildman–Crippen MR) is 132 cm³/mol. The normalized spacial score (nSPS) is 10.3. The summed E-state index contributed by atoms with van der Waals surface area (Å²) in [6.45, 7) is 2.24. The third-order valence-electron chi connectivity index (χ3n) is 4.29. The maximum absolute atomic E-state index is 11.0. The van der Waals surface area contributed by atoms with E-state index >= 15 is 0 Å². The van der Waals surface area contributed by atoms with Gasteiger partial charge in [-0.3, -0.25) is 0 Å². The zero-order chi connectivity index (χ0) is 22.4. The summed E-state index contributed by atoms with van der Waals surface area (Å²) in [5.74, 6) is -2.16. The molecule has 0 heterocycles. The van der Waals surface area contributed by atoms with Gasteiger partial charge in [-0.25, -0.2) is 9.59 Å². The second-order valence-electron chi connectivity index (χ2n) is 6.16. The van der Waals surface area contributed by atoms with E-state index in [2.05, 4.69) is 131 Å². The standard InChI is InChI=1S/C14H14.C8H2Br4O4/c1-12(13-8-4-2-5-9-13)14-10-6-3-7-11-14;9-3-1(7(13)14)2(8(15)16)4(10)6(12)5(3)11/h2-12H,1H3;(H,13,14)(H,15,16). The molecule has 0 aliphatic carbocycles. The van der Waals surface area contributed by atoms with Crippen molar-refractivity contribution in [2.45, 2.75) is 12.8 Å². The second kappa shape index (κ2) is 11.2. The molecule has 3 aromatic carbocycles. The number of halogens is 4. The van der Waals surface area contributed by atoms with Crippen LogP contribution in [0.25, 0.3) is 0 Å². The highest BCUT2D eigenvalue weighted by molar-refractivity contribution is 9.15. The quantitative estimate of drug-likeness (QED) is 0.219. The first kappa shape index (κ1) is 24.8. The lowest BCUT2D eigenvalue weighted by atomic mass is 9.93. The molecule has 0 aromatic heterocycles. The Hall–Kier alpha value is -1.48. The number of hydrogen-bond donors (Lipinski definition) is 2. The molecule has 0 atom stereocenters. The molecule has 0 fully saturated rings. The van der Waals surface area contributed by atoms with E-state index in [1.807, 2.05) is 0 Å². The average molecular weight is 664 g/mol. The third-order valence-corrected chi connectivity index (χ3v) is 9.06. The van der Waals surface area contributed by atoms with E-state index in [1.54, 1.807) is 0 Å². The number of carbonyl (C=O) groups is 2. The fraction of sp³-hybridized carbons (Fsp3) is 0.0909. The molecule has 4 nitrogen and oxygen atoms in total. The summed E-state index contributed by atoms with van der Waals surface area (Å²) in [6, 6.07) is 21.2. The number of hydrogen-bond acceptors (Lipinski definition) is 2. The van der Waals surface area contributed by atoms with Crippen molar-refractivity contribution in [2.75, 3.05) is 0 Å². The summed E-state index contributed by atoms with van der Waals surface area (Å²) < 4.78 is 1.21. The highest BCUT2D eigenvalue weighted by atomic mass is 79.9. The number of benzene rings is 3. The van der Waals surface area contributed by atoms with E-state index < -0.39 is 11.9 Å². The number of aromatic carboxylic acids is 2. The second-order valence-corrected chi connectivity index (χ2v) is 9.33. The Balaban J connectivity index is 0.000000215. The lowest BCUT2D eigenvalue weighted by molar-refractivity contribution is 0.0649. The van der Waals surface area contributed by atoms with Crippen LogP contribution in [-0.2, 0) is 0 Å². The SMILES string of the molecule is CC(c1ccccc1)c1ccccc1.O=C(O)c1c(Br)c(Br)c(Br)c(Br)c1C(=O)O. The van der Waals surface area contributed by atoms with Gasteiger partial charge < -0.3 is 10.2 Å². The Kier molecular flexibility index (Phi) is 9.28. The van der Waals surface area contributed by atoms with E-state index in [9.17, 15) is 9.59 Å². The molecule has 0 bridgehead atoms. The highest BCUT2D eigenvalue weighted by Gasteiger charge is 2.27. The van der Waals surface area contributed by atoms with Crippen molar-refractivity contribution in [1.29, 1.82) is 0 Å². The van der Waals surface area contributed by atoms with Gasteiger partial charge in [-0.1, -0.05) is 67.6 Å². The van der Waals surface area contributed by atoms with Gasteiger partial charge in [-0.15, -0.1) is 0 Å². The Labute approximate surface area is 207 Å². The van der Waals surface area contributed by atoms with Gasteiger partial charge in [0.05, 0.1) is 11.1 Å². The predicted octanol–water partition coefficient (Wildman–Crippen LogP) is 7.97. The van der Waals surface area contributed by atoms with Gasteiger partial charge in [-0.05, 0) is 74.8 Å². The molecular weight excluding hydrogens is 648 g/mol. The molecule has 8 heteroatoms. The zero-order valence-corrected chi connectivity index (χ0v) is 21.9. The minimum Gasteiger partial charge on any atom is -0.478 e. The molecule has 30 heavy (non-hydrogen) atoms. The minimum atomic E-state index is -1.32. The average Bonchev–Trinajstić information content (AvgIpc) is 2.75. The molecule has 2 N–H and O–H groups in total. The highest BCUT2D eigenvalue weighted by Crippen LogP contribution is 2.42. The van der Waals surface area contributed by atoms with E-state index in [0.29, 0.717) is 14.9 Å². The van der Waals surface area contributed by atoms with E-state index in [4.69, 9.17) is 10.2 Å². The van der Waals surface area contributed by atoms with E-state index in [-0.39, 0.29) is 20.1 Å². The number of carboxylic acids is 2. The first-order chi connectivity index (χ1) is 14.2. The Morgan fingerprint density at radius 2 is 0.933 bits per heavy atom. The lowest BCUT2D eigenvalue weighted by Crippen LogP contribution is -2.11. The molecule has 0 saturated carbocycles. The van der Waals surface area contributed by atoms with Crippen LogP contribution in [0.1, 0.15) is 44.7 Å². The van der Waals surface area contributed by atoms with Gasteiger partial charge in [0.25, 0.3) is 0 Å². The van der Waals surface area contributed by atoms with Gasteiger partial charge in [0.2, 0.25) is 0 Å². The summed E-state index contributed by atoms with van der Waals surface area (Å²) in [5.41, 5.74) is 2.13. The van der Waals surface area contributed by atoms with Gasteiger partial charge in [0.1, 0.15) is 0 Å². The molecule has 0 saturated heterocycles. The van der Waals surface area contributed by atoms with Crippen molar-refractivity contribution in [2.24, 2.45) is 0 Å². The van der Waals surface area contributed by atoms with Crippen LogP contribution in [0, 0.1) is 0 Å². The summed E-state index contributed by atoms with van der Waals surface area (Å²) in [7, 11) is 0. The first-order valence-corrected chi connectivity index (χ1v) is 11.8. The smallest absolute Gasteiger partial charge is 0.337 e. The molecule has 156 valence electrons. The molecule has 0 amide bonds. The molecule has 0 aliphatic heterocycles. The largest absolute Gasteiger partial charge is 0.478 e. The van der Waals surface area contributed by atoms with Crippen molar-refractivity contribution in [3.63, 3.8) is 0 Å². The molecular formula is C22H16Br4O4. The lowest BCUT2D eigenvalue weighted by Gasteiger charge is -2.11. The van der Waals surface area contributed by atoms with Crippen molar-refractivity contribution in [3.05, 3.63) is 101 Å². The molecule has 0 spiro atoms. The van der Waals surface area contributed by atoms with Crippen LogP contribution in [0.15, 0.2) is 78.6 Å². The number of carboxylic acid groups (broad SMARTS) is 2. The summed E-state index contributed by atoms with van der Waals surface area (Å²) in [5, 5.41) is 18.0. The van der Waals surface area contributed by atoms with Crippen LogP contribution >= 0.6 is 63.7 Å². The van der Waals surface area contributed by atoms with Crippen LogP contribution < -0.4 is 0 Å². The van der Waals surface area contributed by atoms with Crippen LogP contribution in [0.4, 0.5) is 0 Å².